The summed E-state index contributed by atoms with van der Waals surface area (Å²) in [5.41, 5.74) is 1.72. The van der Waals surface area contributed by atoms with E-state index in [1.165, 1.54) is 23.1 Å². The third-order valence-corrected chi connectivity index (χ3v) is 6.09. The van der Waals surface area contributed by atoms with Crippen LogP contribution in [0.15, 0.2) is 41.6 Å². The molecule has 12 heteroatoms. The number of nitrogens with one attached hydrogen (secondary N) is 2. The van der Waals surface area contributed by atoms with E-state index in [1.54, 1.807) is 6.20 Å². The van der Waals surface area contributed by atoms with Crippen molar-refractivity contribution >= 4 is 17.5 Å². The summed E-state index contributed by atoms with van der Waals surface area (Å²) in [5.74, 6) is -0.130. The lowest BCUT2D eigenvalue weighted by molar-refractivity contribution is -0.117. The minimum absolute atomic E-state index is 0.0160. The number of aryl methyl sites for hydroxylation is 2. The molecule has 1 atom stereocenters. The summed E-state index contributed by atoms with van der Waals surface area (Å²) >= 11 is 0. The minimum Gasteiger partial charge on any atom is -0.346 e. The first kappa shape index (κ1) is 25.1. The van der Waals surface area contributed by atoms with Gasteiger partial charge in [0.1, 0.15) is 6.17 Å². The molecule has 2 amide bonds. The SMILES string of the molecule is Cc1ccc(CNC(=O)c2cn(CC(F)CCn3ncc(NC(=O)CC4CCC4)cc3=O)nn2)cn1. The van der Waals surface area contributed by atoms with Gasteiger partial charge >= 0.3 is 0 Å². The Morgan fingerprint density at radius 1 is 1.25 bits per heavy atom. The van der Waals surface area contributed by atoms with E-state index in [9.17, 15) is 18.8 Å². The average Bonchev–Trinajstić information content (AvgIpc) is 3.29. The van der Waals surface area contributed by atoms with E-state index in [1.807, 2.05) is 19.1 Å². The molecule has 1 unspecified atom stereocenters. The molecule has 1 aliphatic rings. The average molecular weight is 497 g/mol. The number of anilines is 1. The van der Waals surface area contributed by atoms with Crippen LogP contribution in [0.25, 0.3) is 0 Å². The number of aromatic nitrogens is 6. The molecule has 3 aromatic heterocycles. The van der Waals surface area contributed by atoms with Crippen LogP contribution in [0.1, 0.15) is 53.8 Å². The maximum atomic E-state index is 14.5. The molecule has 2 N–H and O–H groups in total. The number of carbonyl (C=O) groups is 2. The Bertz CT molecular complexity index is 1250. The number of alkyl halides is 1. The van der Waals surface area contributed by atoms with E-state index in [0.717, 1.165) is 35.2 Å². The van der Waals surface area contributed by atoms with Crippen LogP contribution in [0.4, 0.5) is 10.1 Å². The Labute approximate surface area is 207 Å². The predicted octanol–water partition coefficient (Wildman–Crippen LogP) is 2.03. The molecule has 1 saturated carbocycles. The van der Waals surface area contributed by atoms with E-state index < -0.39 is 17.6 Å². The fourth-order valence-electron chi connectivity index (χ4n) is 3.77. The first-order valence-electron chi connectivity index (χ1n) is 12.0. The van der Waals surface area contributed by atoms with Gasteiger partial charge in [-0.15, -0.1) is 5.10 Å². The molecule has 1 fully saturated rings. The van der Waals surface area contributed by atoms with E-state index in [-0.39, 0.29) is 37.7 Å². The van der Waals surface area contributed by atoms with Gasteiger partial charge in [-0.1, -0.05) is 17.7 Å². The Kier molecular flexibility index (Phi) is 8.13. The van der Waals surface area contributed by atoms with Gasteiger partial charge in [-0.25, -0.2) is 13.8 Å². The number of carbonyl (C=O) groups excluding carboxylic acids is 2. The highest BCUT2D eigenvalue weighted by molar-refractivity contribution is 5.91. The molecular formula is C24H29FN8O3. The fourth-order valence-corrected chi connectivity index (χ4v) is 3.77. The number of hydrogen-bond donors (Lipinski definition) is 2. The van der Waals surface area contributed by atoms with Crippen molar-refractivity contribution < 1.29 is 14.0 Å². The maximum absolute atomic E-state index is 14.5. The Morgan fingerprint density at radius 2 is 2.08 bits per heavy atom. The van der Waals surface area contributed by atoms with Gasteiger partial charge in [-0.3, -0.25) is 19.4 Å². The van der Waals surface area contributed by atoms with Crippen molar-refractivity contribution in [1.29, 1.82) is 0 Å². The lowest BCUT2D eigenvalue weighted by atomic mass is 9.83. The standard InChI is InChI=1S/C24H29FN8O3/c1-16-5-6-18(11-26-16)12-27-24(36)21-15-32(31-30-21)14-19(25)7-8-33-23(35)10-20(13-28-33)29-22(34)9-17-3-2-4-17/h5-6,10-11,13,15,17,19H,2-4,7-9,12,14H2,1H3,(H,27,36)(H,29,34). The van der Waals surface area contributed by atoms with Gasteiger partial charge in [0.2, 0.25) is 5.91 Å². The van der Waals surface area contributed by atoms with E-state index >= 15 is 0 Å². The first-order valence-corrected chi connectivity index (χ1v) is 12.0. The quantitative estimate of drug-likeness (QED) is 0.414. The summed E-state index contributed by atoms with van der Waals surface area (Å²) in [6.45, 7) is 2.10. The van der Waals surface area contributed by atoms with Gasteiger partial charge in [-0.05, 0) is 37.3 Å². The van der Waals surface area contributed by atoms with Crippen LogP contribution in [-0.2, 0) is 24.4 Å². The maximum Gasteiger partial charge on any atom is 0.273 e. The van der Waals surface area contributed by atoms with Crippen molar-refractivity contribution in [2.75, 3.05) is 5.32 Å². The number of rotatable bonds is 11. The molecule has 3 aromatic rings. The second-order valence-electron chi connectivity index (χ2n) is 9.06. The molecule has 0 saturated heterocycles. The highest BCUT2D eigenvalue weighted by Gasteiger charge is 2.21. The number of nitrogens with zero attached hydrogens (tertiary/aromatic N) is 6. The van der Waals surface area contributed by atoms with Gasteiger partial charge in [-0.2, -0.15) is 5.10 Å². The number of halogens is 1. The zero-order chi connectivity index (χ0) is 25.5. The summed E-state index contributed by atoms with van der Waals surface area (Å²) in [6.07, 6.45) is 6.86. The summed E-state index contributed by atoms with van der Waals surface area (Å²) in [6, 6.07) is 5.01. The normalized spacial score (nSPS) is 14.2. The lowest BCUT2D eigenvalue weighted by Crippen LogP contribution is -2.26. The number of hydrogen-bond acceptors (Lipinski definition) is 7. The molecule has 4 rings (SSSR count). The molecule has 0 radical (unpaired) electrons. The number of pyridine rings is 1. The molecule has 0 spiro atoms. The fraction of sp³-hybridized carbons (Fsp3) is 0.458. The van der Waals surface area contributed by atoms with Crippen molar-refractivity contribution in [1.82, 2.24) is 35.1 Å². The van der Waals surface area contributed by atoms with Gasteiger partial charge in [0.25, 0.3) is 11.5 Å². The van der Waals surface area contributed by atoms with Crippen LogP contribution in [0.3, 0.4) is 0 Å². The molecule has 1 aliphatic carbocycles. The van der Waals surface area contributed by atoms with Crippen molar-refractivity contribution in [3.8, 4) is 0 Å². The molecule has 3 heterocycles. The lowest BCUT2D eigenvalue weighted by Gasteiger charge is -2.24. The van der Waals surface area contributed by atoms with Crippen LogP contribution < -0.4 is 16.2 Å². The van der Waals surface area contributed by atoms with Crippen LogP contribution in [0, 0.1) is 12.8 Å². The molecule has 0 aliphatic heterocycles. The van der Waals surface area contributed by atoms with Crippen LogP contribution >= 0.6 is 0 Å². The van der Waals surface area contributed by atoms with Crippen LogP contribution in [0.5, 0.6) is 0 Å². The van der Waals surface area contributed by atoms with Crippen LogP contribution in [-0.4, -0.2) is 47.7 Å². The zero-order valence-electron chi connectivity index (χ0n) is 20.1. The van der Waals surface area contributed by atoms with E-state index in [4.69, 9.17) is 0 Å². The smallest absolute Gasteiger partial charge is 0.273 e. The van der Waals surface area contributed by atoms with Gasteiger partial charge < -0.3 is 10.6 Å². The zero-order valence-corrected chi connectivity index (χ0v) is 20.1. The second-order valence-corrected chi connectivity index (χ2v) is 9.06. The topological polar surface area (TPSA) is 137 Å². The Hall–Kier alpha value is -3.96. The molecule has 0 bridgehead atoms. The summed E-state index contributed by atoms with van der Waals surface area (Å²) in [4.78, 5) is 40.8. The first-order chi connectivity index (χ1) is 17.4. The minimum atomic E-state index is -1.34. The van der Waals surface area contributed by atoms with Crippen molar-refractivity contribution in [2.45, 2.75) is 64.8 Å². The Balaban J connectivity index is 1.21. The van der Waals surface area contributed by atoms with E-state index in [0.29, 0.717) is 18.0 Å². The van der Waals surface area contributed by atoms with Crippen molar-refractivity contribution in [2.24, 2.45) is 5.92 Å². The summed E-state index contributed by atoms with van der Waals surface area (Å²) in [7, 11) is 0. The van der Waals surface area contributed by atoms with E-state index in [2.05, 4.69) is 31.0 Å². The highest BCUT2D eigenvalue weighted by atomic mass is 19.1. The molecule has 0 aromatic carbocycles. The third kappa shape index (κ3) is 7.03. The molecular weight excluding hydrogens is 467 g/mol. The van der Waals surface area contributed by atoms with Crippen LogP contribution in [0.2, 0.25) is 0 Å². The summed E-state index contributed by atoms with van der Waals surface area (Å²) in [5, 5.41) is 17.1. The Morgan fingerprint density at radius 3 is 2.78 bits per heavy atom. The molecule has 11 nitrogen and oxygen atoms in total. The largest absolute Gasteiger partial charge is 0.346 e. The third-order valence-electron chi connectivity index (χ3n) is 6.09. The molecule has 36 heavy (non-hydrogen) atoms. The van der Waals surface area contributed by atoms with Gasteiger partial charge in [0.05, 0.1) is 24.6 Å². The second kappa shape index (κ2) is 11.6. The monoisotopic (exact) mass is 496 g/mol. The van der Waals surface area contributed by atoms with Crippen molar-refractivity contribution in [3.63, 3.8) is 0 Å². The predicted molar refractivity (Wildman–Crippen MR) is 129 cm³/mol. The molecule has 190 valence electrons. The summed E-state index contributed by atoms with van der Waals surface area (Å²) < 4.78 is 16.9. The van der Waals surface area contributed by atoms with Gasteiger partial charge in [0, 0.05) is 43.9 Å². The van der Waals surface area contributed by atoms with Crippen molar-refractivity contribution in [3.05, 3.63) is 64.1 Å². The highest BCUT2D eigenvalue weighted by Crippen LogP contribution is 2.29. The number of amides is 2. The van der Waals surface area contributed by atoms with Gasteiger partial charge in [0.15, 0.2) is 5.69 Å².